The Kier molecular flexibility index (Phi) is 4.01. The van der Waals surface area contributed by atoms with Crippen LogP contribution in [-0.4, -0.2) is 37.2 Å². The van der Waals surface area contributed by atoms with E-state index in [1.54, 1.807) is 0 Å². The lowest BCUT2D eigenvalue weighted by atomic mass is 9.92. The summed E-state index contributed by atoms with van der Waals surface area (Å²) in [4.78, 5) is 11.7. The number of hydrogen-bond donors (Lipinski definition) is 4. The zero-order valence-corrected chi connectivity index (χ0v) is 9.67. The molecule has 1 aliphatic heterocycles. The van der Waals surface area contributed by atoms with Gasteiger partial charge in [-0.25, -0.2) is 4.79 Å². The Morgan fingerprint density at radius 3 is 2.38 bits per heavy atom. The van der Waals surface area contributed by atoms with Crippen LogP contribution in [-0.2, 0) is 0 Å². The number of nitrogens with two attached hydrogens (primary N) is 1. The molecule has 0 unspecified atom stereocenters. The summed E-state index contributed by atoms with van der Waals surface area (Å²) in [5.74, 6) is 0. The highest BCUT2D eigenvalue weighted by Gasteiger charge is 2.22. The molecule has 16 heavy (non-hydrogen) atoms. The topological polar surface area (TPSA) is 79.2 Å². The fourth-order valence-electron chi connectivity index (χ4n) is 2.45. The first-order chi connectivity index (χ1) is 7.74. The average molecular weight is 226 g/mol. The molecule has 2 rings (SSSR count). The van der Waals surface area contributed by atoms with Gasteiger partial charge in [0.15, 0.2) is 0 Å². The van der Waals surface area contributed by atoms with Crippen molar-refractivity contribution in [2.45, 2.75) is 50.2 Å². The van der Waals surface area contributed by atoms with E-state index in [9.17, 15) is 4.79 Å². The molecule has 1 atom stereocenters. The molecule has 2 fully saturated rings. The molecule has 2 aliphatic rings. The van der Waals surface area contributed by atoms with Crippen molar-refractivity contribution in [1.29, 1.82) is 0 Å². The van der Waals surface area contributed by atoms with Crippen LogP contribution in [0, 0.1) is 0 Å². The predicted molar refractivity (Wildman–Crippen MR) is 63.2 cm³/mol. The lowest BCUT2D eigenvalue weighted by Crippen LogP contribution is -2.48. The minimum Gasteiger partial charge on any atom is -0.335 e. The third-order valence-electron chi connectivity index (χ3n) is 3.50. The van der Waals surface area contributed by atoms with Crippen LogP contribution in [0.15, 0.2) is 0 Å². The second-order valence-corrected chi connectivity index (χ2v) is 4.92. The standard InChI is InChI=1S/C11H22N4O/c12-8-1-3-9(4-2-8)14-11(16)15-10-5-6-13-7-10/h8-10,13H,1-7,12H2,(H2,14,15,16)/t8-,9+,10-/m1/s1. The van der Waals surface area contributed by atoms with E-state index in [2.05, 4.69) is 16.0 Å². The van der Waals surface area contributed by atoms with Crippen LogP contribution >= 0.6 is 0 Å². The molecule has 5 heteroatoms. The minimum absolute atomic E-state index is 0.0193. The van der Waals surface area contributed by atoms with E-state index in [0.717, 1.165) is 45.2 Å². The third-order valence-corrected chi connectivity index (χ3v) is 3.50. The van der Waals surface area contributed by atoms with E-state index in [1.165, 1.54) is 0 Å². The molecule has 5 N–H and O–H groups in total. The number of nitrogens with one attached hydrogen (secondary N) is 3. The highest BCUT2D eigenvalue weighted by molar-refractivity contribution is 5.74. The fraction of sp³-hybridized carbons (Fsp3) is 0.909. The Morgan fingerprint density at radius 2 is 1.75 bits per heavy atom. The van der Waals surface area contributed by atoms with E-state index in [-0.39, 0.29) is 6.03 Å². The van der Waals surface area contributed by atoms with Gasteiger partial charge in [0.2, 0.25) is 0 Å². The van der Waals surface area contributed by atoms with Gasteiger partial charge in [-0.3, -0.25) is 0 Å². The van der Waals surface area contributed by atoms with Crippen molar-refractivity contribution in [1.82, 2.24) is 16.0 Å². The SMILES string of the molecule is N[C@H]1CC[C@@H](NC(=O)N[C@@H]2CCNC2)CC1. The van der Waals surface area contributed by atoms with Crippen LogP contribution in [0.3, 0.4) is 0 Å². The van der Waals surface area contributed by atoms with Gasteiger partial charge in [-0.2, -0.15) is 0 Å². The summed E-state index contributed by atoms with van der Waals surface area (Å²) in [6.45, 7) is 1.90. The number of carbonyl (C=O) groups is 1. The maximum atomic E-state index is 11.7. The lowest BCUT2D eigenvalue weighted by molar-refractivity contribution is 0.228. The molecule has 1 saturated heterocycles. The molecule has 92 valence electrons. The van der Waals surface area contributed by atoms with Crippen molar-refractivity contribution >= 4 is 6.03 Å². The lowest BCUT2D eigenvalue weighted by Gasteiger charge is -2.27. The van der Waals surface area contributed by atoms with Gasteiger partial charge in [0.1, 0.15) is 0 Å². The quantitative estimate of drug-likeness (QED) is 0.531. The van der Waals surface area contributed by atoms with E-state index >= 15 is 0 Å². The summed E-state index contributed by atoms with van der Waals surface area (Å²) in [5.41, 5.74) is 5.82. The third kappa shape index (κ3) is 3.35. The molecule has 5 nitrogen and oxygen atoms in total. The van der Waals surface area contributed by atoms with Gasteiger partial charge in [0.25, 0.3) is 0 Å². The normalized spacial score (nSPS) is 34.7. The number of hydrogen-bond acceptors (Lipinski definition) is 3. The van der Waals surface area contributed by atoms with Gasteiger partial charge >= 0.3 is 6.03 Å². The highest BCUT2D eigenvalue weighted by Crippen LogP contribution is 2.16. The molecular formula is C11H22N4O. The maximum Gasteiger partial charge on any atom is 0.315 e. The number of rotatable bonds is 2. The van der Waals surface area contributed by atoms with Gasteiger partial charge in [-0.1, -0.05) is 0 Å². The van der Waals surface area contributed by atoms with Gasteiger partial charge in [-0.15, -0.1) is 0 Å². The van der Waals surface area contributed by atoms with Crippen molar-refractivity contribution in [3.05, 3.63) is 0 Å². The minimum atomic E-state index is -0.0193. The van der Waals surface area contributed by atoms with Crippen molar-refractivity contribution in [2.75, 3.05) is 13.1 Å². The zero-order chi connectivity index (χ0) is 11.4. The van der Waals surface area contributed by atoms with Gasteiger partial charge in [-0.05, 0) is 38.6 Å². The molecule has 2 amide bonds. The summed E-state index contributed by atoms with van der Waals surface area (Å²) in [7, 11) is 0. The Bertz CT molecular complexity index is 232. The predicted octanol–water partition coefficient (Wildman–Crippen LogP) is -0.0826. The summed E-state index contributed by atoms with van der Waals surface area (Å²) >= 11 is 0. The van der Waals surface area contributed by atoms with E-state index in [0.29, 0.717) is 18.1 Å². The monoisotopic (exact) mass is 226 g/mol. The Morgan fingerprint density at radius 1 is 1.06 bits per heavy atom. The van der Waals surface area contributed by atoms with Crippen molar-refractivity contribution in [3.8, 4) is 0 Å². The first kappa shape index (κ1) is 11.7. The van der Waals surface area contributed by atoms with Crippen LogP contribution in [0.25, 0.3) is 0 Å². The van der Waals surface area contributed by atoms with Crippen LogP contribution in [0.5, 0.6) is 0 Å². The molecule has 1 saturated carbocycles. The molecule has 0 spiro atoms. The van der Waals surface area contributed by atoms with E-state index in [1.807, 2.05) is 0 Å². The van der Waals surface area contributed by atoms with Crippen molar-refractivity contribution in [2.24, 2.45) is 5.73 Å². The summed E-state index contributed by atoms with van der Waals surface area (Å²) in [6, 6.07) is 0.925. The summed E-state index contributed by atoms with van der Waals surface area (Å²) < 4.78 is 0. The Labute approximate surface area is 96.5 Å². The average Bonchev–Trinajstić information content (AvgIpc) is 2.74. The summed E-state index contributed by atoms with van der Waals surface area (Å²) in [6.07, 6.45) is 5.10. The first-order valence-corrected chi connectivity index (χ1v) is 6.27. The smallest absolute Gasteiger partial charge is 0.315 e. The fourth-order valence-corrected chi connectivity index (χ4v) is 2.45. The Hall–Kier alpha value is -0.810. The molecule has 0 aromatic heterocycles. The molecule has 1 heterocycles. The number of carbonyl (C=O) groups excluding carboxylic acids is 1. The molecule has 0 aromatic rings. The van der Waals surface area contributed by atoms with E-state index in [4.69, 9.17) is 5.73 Å². The number of urea groups is 1. The van der Waals surface area contributed by atoms with Crippen LogP contribution < -0.4 is 21.7 Å². The molecule has 0 bridgehead atoms. The highest BCUT2D eigenvalue weighted by atomic mass is 16.2. The summed E-state index contributed by atoms with van der Waals surface area (Å²) in [5, 5.41) is 9.25. The van der Waals surface area contributed by atoms with Gasteiger partial charge < -0.3 is 21.7 Å². The van der Waals surface area contributed by atoms with Crippen LogP contribution in [0.4, 0.5) is 4.79 Å². The second-order valence-electron chi connectivity index (χ2n) is 4.92. The zero-order valence-electron chi connectivity index (χ0n) is 9.67. The largest absolute Gasteiger partial charge is 0.335 e. The molecule has 0 radical (unpaired) electrons. The Balaban J connectivity index is 1.66. The molecule has 1 aliphatic carbocycles. The van der Waals surface area contributed by atoms with Crippen molar-refractivity contribution in [3.63, 3.8) is 0 Å². The molecule has 0 aromatic carbocycles. The second kappa shape index (κ2) is 5.50. The van der Waals surface area contributed by atoms with E-state index < -0.39 is 0 Å². The first-order valence-electron chi connectivity index (χ1n) is 6.27. The van der Waals surface area contributed by atoms with Crippen LogP contribution in [0.2, 0.25) is 0 Å². The van der Waals surface area contributed by atoms with Gasteiger partial charge in [0, 0.05) is 24.7 Å². The van der Waals surface area contributed by atoms with Crippen molar-refractivity contribution < 1.29 is 4.79 Å². The van der Waals surface area contributed by atoms with Gasteiger partial charge in [0.05, 0.1) is 0 Å². The van der Waals surface area contributed by atoms with Crippen LogP contribution in [0.1, 0.15) is 32.1 Å². The number of amides is 2. The maximum absolute atomic E-state index is 11.7. The molecular weight excluding hydrogens is 204 g/mol.